The molecule has 0 saturated heterocycles. The average molecular weight is 260 g/mol. The van der Waals surface area contributed by atoms with E-state index >= 15 is 0 Å². The summed E-state index contributed by atoms with van der Waals surface area (Å²) in [6, 6.07) is 9.46. The van der Waals surface area contributed by atoms with Crippen LogP contribution in [0.4, 0.5) is 0 Å². The molecule has 90 valence electrons. The maximum atomic E-state index is 6.05. The quantitative estimate of drug-likeness (QED) is 0.664. The summed E-state index contributed by atoms with van der Waals surface area (Å²) in [4.78, 5) is 4.31. The monoisotopic (exact) mass is 259 g/mol. The van der Waals surface area contributed by atoms with Gasteiger partial charge >= 0.3 is 0 Å². The van der Waals surface area contributed by atoms with Crippen LogP contribution in [0.2, 0.25) is 5.15 Å². The largest absolute Gasteiger partial charge is 0.497 e. The van der Waals surface area contributed by atoms with Crippen LogP contribution in [0.3, 0.4) is 0 Å². The van der Waals surface area contributed by atoms with E-state index < -0.39 is 0 Å². The van der Waals surface area contributed by atoms with Gasteiger partial charge in [0.05, 0.1) is 13.3 Å². The molecule has 0 atom stereocenters. The van der Waals surface area contributed by atoms with E-state index in [1.165, 1.54) is 0 Å². The van der Waals surface area contributed by atoms with Crippen molar-refractivity contribution in [3.63, 3.8) is 0 Å². The zero-order valence-electron chi connectivity index (χ0n) is 9.67. The van der Waals surface area contributed by atoms with Gasteiger partial charge in [-0.25, -0.2) is 9.50 Å². The topological polar surface area (TPSA) is 39.4 Å². The normalized spacial score (nSPS) is 10.8. The van der Waals surface area contributed by atoms with E-state index in [9.17, 15) is 0 Å². The second-order valence-electron chi connectivity index (χ2n) is 3.79. The van der Waals surface area contributed by atoms with Crippen LogP contribution >= 0.6 is 11.6 Å². The zero-order chi connectivity index (χ0) is 12.5. The first kappa shape index (κ1) is 11.0. The minimum Gasteiger partial charge on any atom is -0.497 e. The van der Waals surface area contributed by atoms with Crippen molar-refractivity contribution in [3.8, 4) is 16.9 Å². The Bertz CT molecular complexity index is 691. The molecule has 0 unspecified atom stereocenters. The number of hydrogen-bond donors (Lipinski definition) is 0. The molecule has 0 spiro atoms. The zero-order valence-corrected chi connectivity index (χ0v) is 10.4. The summed E-state index contributed by atoms with van der Waals surface area (Å²) in [5.41, 5.74) is 2.72. The molecule has 5 heteroatoms. The molecular formula is C13H10ClN3O. The third-order valence-electron chi connectivity index (χ3n) is 2.76. The molecule has 0 aliphatic rings. The summed E-state index contributed by atoms with van der Waals surface area (Å²) in [5.74, 6) is 0.821. The molecule has 0 saturated carbocycles. The lowest BCUT2D eigenvalue weighted by atomic mass is 10.1. The minimum atomic E-state index is 0.541. The second-order valence-corrected chi connectivity index (χ2v) is 4.18. The van der Waals surface area contributed by atoms with Gasteiger partial charge in [-0.05, 0) is 23.8 Å². The van der Waals surface area contributed by atoms with Gasteiger partial charge in [0.2, 0.25) is 0 Å². The van der Waals surface area contributed by atoms with Crippen molar-refractivity contribution >= 4 is 17.2 Å². The Labute approximate surface area is 109 Å². The van der Waals surface area contributed by atoms with Crippen LogP contribution in [0.15, 0.2) is 42.7 Å². The molecule has 2 aromatic heterocycles. The highest BCUT2D eigenvalue weighted by Crippen LogP contribution is 2.26. The standard InChI is InChI=1S/C13H10ClN3O/c1-18-10-4-2-9(3-5-10)11-8-16-17-12(14)6-7-15-13(11)17/h2-8H,1H3. The molecule has 2 heterocycles. The first-order valence-corrected chi connectivity index (χ1v) is 5.80. The van der Waals surface area contributed by atoms with Crippen molar-refractivity contribution in [1.29, 1.82) is 0 Å². The smallest absolute Gasteiger partial charge is 0.164 e. The summed E-state index contributed by atoms with van der Waals surface area (Å²) in [7, 11) is 1.64. The van der Waals surface area contributed by atoms with Gasteiger partial charge in [0.1, 0.15) is 10.9 Å². The van der Waals surface area contributed by atoms with Crippen molar-refractivity contribution in [1.82, 2.24) is 14.6 Å². The van der Waals surface area contributed by atoms with Crippen LogP contribution in [0.1, 0.15) is 0 Å². The van der Waals surface area contributed by atoms with Crippen molar-refractivity contribution in [2.75, 3.05) is 7.11 Å². The van der Waals surface area contributed by atoms with Crippen LogP contribution in [0, 0.1) is 0 Å². The van der Waals surface area contributed by atoms with Gasteiger partial charge in [0.15, 0.2) is 5.65 Å². The van der Waals surface area contributed by atoms with Crippen molar-refractivity contribution < 1.29 is 4.74 Å². The second kappa shape index (κ2) is 4.31. The summed E-state index contributed by atoms with van der Waals surface area (Å²) < 4.78 is 6.75. The summed E-state index contributed by atoms with van der Waals surface area (Å²) >= 11 is 6.05. The number of ether oxygens (including phenoxy) is 1. The van der Waals surface area contributed by atoms with Crippen LogP contribution in [0.5, 0.6) is 5.75 Å². The number of hydrogen-bond acceptors (Lipinski definition) is 3. The molecule has 0 aliphatic heterocycles. The number of aromatic nitrogens is 3. The van der Waals surface area contributed by atoms with Gasteiger partial charge in [-0.3, -0.25) is 0 Å². The SMILES string of the molecule is COc1ccc(-c2cnn3c(Cl)ccnc23)cc1. The first-order chi connectivity index (χ1) is 8.79. The van der Waals surface area contributed by atoms with Crippen molar-refractivity contribution in [2.45, 2.75) is 0 Å². The maximum absolute atomic E-state index is 6.05. The number of nitrogens with zero attached hydrogens (tertiary/aromatic N) is 3. The van der Waals surface area contributed by atoms with Crippen LogP contribution in [-0.4, -0.2) is 21.7 Å². The van der Waals surface area contributed by atoms with Crippen LogP contribution in [0.25, 0.3) is 16.8 Å². The van der Waals surface area contributed by atoms with E-state index in [0.29, 0.717) is 5.15 Å². The lowest BCUT2D eigenvalue weighted by Gasteiger charge is -2.02. The van der Waals surface area contributed by atoms with Crippen LogP contribution < -0.4 is 4.74 Å². The Morgan fingerprint density at radius 1 is 1.17 bits per heavy atom. The fourth-order valence-electron chi connectivity index (χ4n) is 1.84. The lowest BCUT2D eigenvalue weighted by molar-refractivity contribution is 0.415. The highest BCUT2D eigenvalue weighted by Gasteiger charge is 2.09. The summed E-state index contributed by atoms with van der Waals surface area (Å²) in [5, 5.41) is 4.77. The van der Waals surface area contributed by atoms with Crippen molar-refractivity contribution in [2.24, 2.45) is 0 Å². The molecule has 4 nitrogen and oxygen atoms in total. The highest BCUT2D eigenvalue weighted by molar-refractivity contribution is 6.29. The molecule has 18 heavy (non-hydrogen) atoms. The maximum Gasteiger partial charge on any atom is 0.164 e. The first-order valence-electron chi connectivity index (χ1n) is 5.42. The van der Waals surface area contributed by atoms with Crippen molar-refractivity contribution in [3.05, 3.63) is 47.9 Å². The fraction of sp³-hybridized carbons (Fsp3) is 0.0769. The highest BCUT2D eigenvalue weighted by atomic mass is 35.5. The average Bonchev–Trinajstić information content (AvgIpc) is 2.84. The third-order valence-corrected chi connectivity index (χ3v) is 3.04. The van der Waals surface area contributed by atoms with Gasteiger partial charge in [-0.15, -0.1) is 0 Å². The van der Waals surface area contributed by atoms with E-state index in [1.807, 2.05) is 24.3 Å². The van der Waals surface area contributed by atoms with E-state index in [2.05, 4.69) is 10.1 Å². The molecular weight excluding hydrogens is 250 g/mol. The minimum absolute atomic E-state index is 0.541. The molecule has 3 aromatic rings. The van der Waals surface area contributed by atoms with Gasteiger partial charge in [0, 0.05) is 11.8 Å². The lowest BCUT2D eigenvalue weighted by Crippen LogP contribution is -1.90. The summed E-state index contributed by atoms with van der Waals surface area (Å²) in [6.07, 6.45) is 3.43. The Kier molecular flexibility index (Phi) is 2.64. The summed E-state index contributed by atoms with van der Waals surface area (Å²) in [6.45, 7) is 0. The molecule has 3 rings (SSSR count). The molecule has 1 aromatic carbocycles. The Morgan fingerprint density at radius 2 is 1.94 bits per heavy atom. The van der Waals surface area contributed by atoms with E-state index in [-0.39, 0.29) is 0 Å². The van der Waals surface area contributed by atoms with E-state index in [4.69, 9.17) is 16.3 Å². The molecule has 0 fully saturated rings. The van der Waals surface area contributed by atoms with Gasteiger partial charge in [-0.1, -0.05) is 23.7 Å². The predicted molar refractivity (Wildman–Crippen MR) is 70.0 cm³/mol. The van der Waals surface area contributed by atoms with Gasteiger partial charge in [0.25, 0.3) is 0 Å². The van der Waals surface area contributed by atoms with Gasteiger partial charge in [-0.2, -0.15) is 5.10 Å². The van der Waals surface area contributed by atoms with E-state index in [0.717, 1.165) is 22.5 Å². The molecule has 0 bridgehead atoms. The molecule has 0 amide bonds. The Morgan fingerprint density at radius 3 is 2.67 bits per heavy atom. The number of fused-ring (bicyclic) bond motifs is 1. The Balaban J connectivity index is 2.16. The van der Waals surface area contributed by atoms with Crippen LogP contribution in [-0.2, 0) is 0 Å². The number of methoxy groups -OCH3 is 1. The molecule has 0 radical (unpaired) electrons. The Hall–Kier alpha value is -2.07. The molecule has 0 aliphatic carbocycles. The number of benzene rings is 1. The number of halogens is 1. The number of rotatable bonds is 2. The van der Waals surface area contributed by atoms with E-state index in [1.54, 1.807) is 30.1 Å². The fourth-order valence-corrected chi connectivity index (χ4v) is 2.02. The predicted octanol–water partition coefficient (Wildman–Crippen LogP) is 3.06. The van der Waals surface area contributed by atoms with Gasteiger partial charge < -0.3 is 4.74 Å². The third kappa shape index (κ3) is 1.71. The molecule has 0 N–H and O–H groups in total.